The third-order valence-electron chi connectivity index (χ3n) is 1.82. The van der Waals surface area contributed by atoms with Crippen molar-refractivity contribution in [3.63, 3.8) is 0 Å². The van der Waals surface area contributed by atoms with E-state index in [1.807, 2.05) is 6.92 Å². The average molecular weight is 236 g/mol. The molecule has 90 valence electrons. The lowest BCUT2D eigenvalue weighted by atomic mass is 10.4. The standard InChI is InChI=1S/C9H12N6O2/c1-2-16-9-13-7(10)12-8(14-9)11-5-6-3-4-17-15-6/h3-4H,2,5H2,1H3,(H3,10,11,12,13,14). The van der Waals surface area contributed by atoms with Crippen molar-refractivity contribution in [3.8, 4) is 6.01 Å². The Balaban J connectivity index is 2.04. The van der Waals surface area contributed by atoms with Gasteiger partial charge in [0, 0.05) is 6.07 Å². The van der Waals surface area contributed by atoms with Crippen LogP contribution in [0.15, 0.2) is 16.9 Å². The Labute approximate surface area is 97.2 Å². The van der Waals surface area contributed by atoms with Crippen molar-refractivity contribution >= 4 is 11.9 Å². The summed E-state index contributed by atoms with van der Waals surface area (Å²) in [5.41, 5.74) is 6.26. The van der Waals surface area contributed by atoms with Crippen LogP contribution in [0.3, 0.4) is 0 Å². The summed E-state index contributed by atoms with van der Waals surface area (Å²) in [4.78, 5) is 11.8. The molecule has 0 fully saturated rings. The van der Waals surface area contributed by atoms with Crippen molar-refractivity contribution in [1.82, 2.24) is 20.1 Å². The maximum Gasteiger partial charge on any atom is 0.323 e. The van der Waals surface area contributed by atoms with Gasteiger partial charge in [-0.1, -0.05) is 5.16 Å². The summed E-state index contributed by atoms with van der Waals surface area (Å²) in [7, 11) is 0. The van der Waals surface area contributed by atoms with Gasteiger partial charge < -0.3 is 20.3 Å². The second-order valence-corrected chi connectivity index (χ2v) is 3.08. The predicted octanol–water partition coefficient (Wildman–Crippen LogP) is 0.453. The summed E-state index contributed by atoms with van der Waals surface area (Å²) in [6, 6.07) is 1.93. The zero-order valence-electron chi connectivity index (χ0n) is 9.25. The minimum Gasteiger partial charge on any atom is -0.464 e. The summed E-state index contributed by atoms with van der Waals surface area (Å²) >= 11 is 0. The lowest BCUT2D eigenvalue weighted by Crippen LogP contribution is -2.09. The fourth-order valence-corrected chi connectivity index (χ4v) is 1.14. The highest BCUT2D eigenvalue weighted by atomic mass is 16.5. The van der Waals surface area contributed by atoms with E-state index in [1.54, 1.807) is 6.07 Å². The van der Waals surface area contributed by atoms with E-state index in [1.165, 1.54) is 6.26 Å². The summed E-state index contributed by atoms with van der Waals surface area (Å²) < 4.78 is 9.84. The molecule has 2 aromatic heterocycles. The molecule has 0 unspecified atom stereocenters. The van der Waals surface area contributed by atoms with Gasteiger partial charge in [-0.05, 0) is 6.92 Å². The van der Waals surface area contributed by atoms with E-state index in [0.717, 1.165) is 5.69 Å². The Bertz CT molecular complexity index is 472. The zero-order valence-corrected chi connectivity index (χ0v) is 9.25. The molecule has 0 atom stereocenters. The van der Waals surface area contributed by atoms with Crippen molar-refractivity contribution in [2.24, 2.45) is 0 Å². The molecule has 0 saturated heterocycles. The van der Waals surface area contributed by atoms with Gasteiger partial charge >= 0.3 is 6.01 Å². The number of nitrogen functional groups attached to an aromatic ring is 1. The predicted molar refractivity (Wildman–Crippen MR) is 59.2 cm³/mol. The molecule has 8 nitrogen and oxygen atoms in total. The highest BCUT2D eigenvalue weighted by Gasteiger charge is 2.05. The van der Waals surface area contributed by atoms with Gasteiger partial charge in [0.05, 0.1) is 13.2 Å². The van der Waals surface area contributed by atoms with Gasteiger partial charge in [0.15, 0.2) is 0 Å². The number of hydrogen-bond donors (Lipinski definition) is 2. The summed E-state index contributed by atoms with van der Waals surface area (Å²) in [6.07, 6.45) is 1.49. The molecule has 3 N–H and O–H groups in total. The fraction of sp³-hybridized carbons (Fsp3) is 0.333. The second kappa shape index (κ2) is 5.10. The first-order chi connectivity index (χ1) is 8.28. The molecule has 0 aliphatic heterocycles. The van der Waals surface area contributed by atoms with Crippen molar-refractivity contribution in [2.45, 2.75) is 13.5 Å². The molecule has 0 aliphatic carbocycles. The van der Waals surface area contributed by atoms with Crippen LogP contribution in [-0.2, 0) is 6.54 Å². The number of rotatable bonds is 5. The van der Waals surface area contributed by atoms with Crippen molar-refractivity contribution in [1.29, 1.82) is 0 Å². The van der Waals surface area contributed by atoms with Crippen LogP contribution < -0.4 is 15.8 Å². The van der Waals surface area contributed by atoms with E-state index in [2.05, 4.69) is 25.4 Å². The van der Waals surface area contributed by atoms with Crippen LogP contribution in [-0.4, -0.2) is 26.7 Å². The summed E-state index contributed by atoms with van der Waals surface area (Å²) in [5, 5.41) is 6.68. The number of anilines is 2. The van der Waals surface area contributed by atoms with Gasteiger partial charge in [0.2, 0.25) is 11.9 Å². The van der Waals surface area contributed by atoms with Gasteiger partial charge in [0.25, 0.3) is 0 Å². The highest BCUT2D eigenvalue weighted by Crippen LogP contribution is 2.09. The molecule has 0 aromatic carbocycles. The number of nitrogens with two attached hydrogens (primary N) is 1. The van der Waals surface area contributed by atoms with Gasteiger partial charge in [-0.3, -0.25) is 0 Å². The molecule has 2 aromatic rings. The fourth-order valence-electron chi connectivity index (χ4n) is 1.14. The van der Waals surface area contributed by atoms with Crippen LogP contribution in [0.1, 0.15) is 12.6 Å². The van der Waals surface area contributed by atoms with Gasteiger partial charge in [-0.15, -0.1) is 0 Å². The lowest BCUT2D eigenvalue weighted by Gasteiger charge is -2.05. The lowest BCUT2D eigenvalue weighted by molar-refractivity contribution is 0.312. The number of nitrogens with zero attached hydrogens (tertiary/aromatic N) is 4. The van der Waals surface area contributed by atoms with Crippen LogP contribution in [0.5, 0.6) is 6.01 Å². The first-order valence-electron chi connectivity index (χ1n) is 5.05. The van der Waals surface area contributed by atoms with E-state index in [0.29, 0.717) is 19.1 Å². The summed E-state index contributed by atoms with van der Waals surface area (Å²) in [6.45, 7) is 2.74. The Morgan fingerprint density at radius 3 is 3.00 bits per heavy atom. The van der Waals surface area contributed by atoms with Crippen molar-refractivity contribution in [2.75, 3.05) is 17.7 Å². The maximum atomic E-state index is 5.52. The first kappa shape index (κ1) is 11.1. The minimum atomic E-state index is 0.103. The normalized spacial score (nSPS) is 10.2. The van der Waals surface area contributed by atoms with E-state index < -0.39 is 0 Å². The Hall–Kier alpha value is -2.38. The molecule has 0 aliphatic rings. The molecule has 0 spiro atoms. The van der Waals surface area contributed by atoms with E-state index in [9.17, 15) is 0 Å². The van der Waals surface area contributed by atoms with Crippen LogP contribution >= 0.6 is 0 Å². The third-order valence-corrected chi connectivity index (χ3v) is 1.82. The molecular weight excluding hydrogens is 224 g/mol. The van der Waals surface area contributed by atoms with E-state index in [4.69, 9.17) is 15.0 Å². The molecular formula is C9H12N6O2. The number of ether oxygens (including phenoxy) is 1. The van der Waals surface area contributed by atoms with Gasteiger partial charge in [-0.25, -0.2) is 0 Å². The minimum absolute atomic E-state index is 0.103. The molecule has 2 heterocycles. The van der Waals surface area contributed by atoms with Crippen LogP contribution in [0, 0.1) is 0 Å². The van der Waals surface area contributed by atoms with Crippen LogP contribution in [0.2, 0.25) is 0 Å². The number of aromatic nitrogens is 4. The molecule has 2 rings (SSSR count). The Morgan fingerprint density at radius 1 is 1.41 bits per heavy atom. The van der Waals surface area contributed by atoms with Crippen LogP contribution in [0.25, 0.3) is 0 Å². The molecule has 0 radical (unpaired) electrons. The number of hydrogen-bond acceptors (Lipinski definition) is 8. The van der Waals surface area contributed by atoms with Crippen LogP contribution in [0.4, 0.5) is 11.9 Å². The van der Waals surface area contributed by atoms with Gasteiger partial charge in [-0.2, -0.15) is 15.0 Å². The Morgan fingerprint density at radius 2 is 2.29 bits per heavy atom. The Kier molecular flexibility index (Phi) is 3.34. The zero-order chi connectivity index (χ0) is 12.1. The van der Waals surface area contributed by atoms with Crippen molar-refractivity contribution in [3.05, 3.63) is 18.0 Å². The topological polar surface area (TPSA) is 112 Å². The third kappa shape index (κ3) is 3.03. The summed E-state index contributed by atoms with van der Waals surface area (Å²) in [5.74, 6) is 0.440. The molecule has 0 bridgehead atoms. The molecule has 0 amide bonds. The molecule has 0 saturated carbocycles. The first-order valence-corrected chi connectivity index (χ1v) is 5.05. The number of nitrogens with one attached hydrogen (secondary N) is 1. The molecule has 17 heavy (non-hydrogen) atoms. The second-order valence-electron chi connectivity index (χ2n) is 3.08. The maximum absolute atomic E-state index is 5.52. The van der Waals surface area contributed by atoms with Crippen molar-refractivity contribution < 1.29 is 9.26 Å². The van der Waals surface area contributed by atoms with E-state index in [-0.39, 0.29) is 12.0 Å². The molecule has 8 heteroatoms. The average Bonchev–Trinajstić information content (AvgIpc) is 2.79. The largest absolute Gasteiger partial charge is 0.464 e. The van der Waals surface area contributed by atoms with E-state index >= 15 is 0 Å². The smallest absolute Gasteiger partial charge is 0.323 e. The SMILES string of the molecule is CCOc1nc(N)nc(NCc2ccon2)n1. The van der Waals surface area contributed by atoms with Gasteiger partial charge in [0.1, 0.15) is 12.0 Å². The quantitative estimate of drug-likeness (QED) is 0.769. The highest BCUT2D eigenvalue weighted by molar-refractivity contribution is 5.32. The monoisotopic (exact) mass is 236 g/mol.